The highest BCUT2D eigenvalue weighted by atomic mass is 35.5. The molecule has 0 aromatic heterocycles. The zero-order chi connectivity index (χ0) is 18.5. The highest BCUT2D eigenvalue weighted by molar-refractivity contribution is 6.30. The van der Waals surface area contributed by atoms with Crippen molar-refractivity contribution in [2.45, 2.75) is 44.6 Å². The van der Waals surface area contributed by atoms with Crippen molar-refractivity contribution in [1.82, 2.24) is 15.5 Å². The van der Waals surface area contributed by atoms with Crippen LogP contribution in [0.4, 0.5) is 0 Å². The van der Waals surface area contributed by atoms with Crippen molar-refractivity contribution < 1.29 is 9.59 Å². The number of carbonyl (C=O) groups excluding carboxylic acids is 2. The largest absolute Gasteiger partial charge is 0.354 e. The Morgan fingerprint density at radius 3 is 2.92 bits per heavy atom. The Labute approximate surface area is 160 Å². The van der Waals surface area contributed by atoms with Gasteiger partial charge in [0.05, 0.1) is 12.0 Å². The first-order chi connectivity index (χ1) is 12.5. The fourth-order valence-electron chi connectivity index (χ4n) is 3.90. The van der Waals surface area contributed by atoms with Gasteiger partial charge in [0.1, 0.15) is 0 Å². The second-order valence-electron chi connectivity index (χ2n) is 7.46. The van der Waals surface area contributed by atoms with E-state index in [0.29, 0.717) is 24.0 Å². The van der Waals surface area contributed by atoms with E-state index in [1.54, 1.807) is 0 Å². The molecule has 2 aliphatic rings. The van der Waals surface area contributed by atoms with Crippen LogP contribution in [0.5, 0.6) is 0 Å². The highest BCUT2D eigenvalue weighted by Crippen LogP contribution is 2.24. The van der Waals surface area contributed by atoms with Crippen LogP contribution in [-0.4, -0.2) is 48.9 Å². The number of nitrogens with zero attached hydrogens (tertiary/aromatic N) is 1. The van der Waals surface area contributed by atoms with Crippen LogP contribution in [0.1, 0.15) is 44.1 Å². The average molecular weight is 378 g/mol. The molecule has 0 aliphatic carbocycles. The predicted molar refractivity (Wildman–Crippen MR) is 103 cm³/mol. The summed E-state index contributed by atoms with van der Waals surface area (Å²) in [4.78, 5) is 27.0. The summed E-state index contributed by atoms with van der Waals surface area (Å²) in [5, 5.41) is 6.94. The number of amides is 2. The minimum Gasteiger partial charge on any atom is -0.354 e. The van der Waals surface area contributed by atoms with Gasteiger partial charge in [0.2, 0.25) is 11.8 Å². The van der Waals surface area contributed by atoms with Gasteiger partial charge in [-0.3, -0.25) is 9.59 Å². The average Bonchev–Trinajstić information content (AvgIpc) is 3.20. The molecule has 0 saturated carbocycles. The Bertz CT molecular complexity index is 646. The molecule has 0 radical (unpaired) electrons. The molecular weight excluding hydrogens is 350 g/mol. The van der Waals surface area contributed by atoms with Crippen molar-refractivity contribution in [3.8, 4) is 0 Å². The maximum absolute atomic E-state index is 12.9. The van der Waals surface area contributed by atoms with Crippen LogP contribution in [0.25, 0.3) is 0 Å². The lowest BCUT2D eigenvalue weighted by atomic mass is 9.94. The molecular formula is C20H28ClN3O2. The summed E-state index contributed by atoms with van der Waals surface area (Å²) in [7, 11) is 0. The fraction of sp³-hybridized carbons (Fsp3) is 0.600. The summed E-state index contributed by atoms with van der Waals surface area (Å²) in [6, 6.07) is 7.47. The molecule has 2 amide bonds. The van der Waals surface area contributed by atoms with E-state index >= 15 is 0 Å². The first kappa shape index (κ1) is 19.2. The monoisotopic (exact) mass is 377 g/mol. The number of likely N-dealkylation sites (tertiary alicyclic amines) is 1. The van der Waals surface area contributed by atoms with Gasteiger partial charge in [-0.05, 0) is 62.8 Å². The van der Waals surface area contributed by atoms with Gasteiger partial charge >= 0.3 is 0 Å². The van der Waals surface area contributed by atoms with Gasteiger partial charge in [-0.1, -0.05) is 23.7 Å². The van der Waals surface area contributed by atoms with Crippen molar-refractivity contribution in [1.29, 1.82) is 0 Å². The second kappa shape index (κ2) is 8.87. The molecule has 2 saturated heterocycles. The molecule has 2 N–H and O–H groups in total. The Balaban J connectivity index is 1.52. The van der Waals surface area contributed by atoms with Gasteiger partial charge < -0.3 is 15.5 Å². The summed E-state index contributed by atoms with van der Waals surface area (Å²) in [6.07, 6.45) is 4.01. The second-order valence-corrected chi connectivity index (χ2v) is 7.90. The fourth-order valence-corrected chi connectivity index (χ4v) is 4.10. The Hall–Kier alpha value is -1.59. The van der Waals surface area contributed by atoms with Crippen molar-refractivity contribution in [2.75, 3.05) is 26.2 Å². The van der Waals surface area contributed by atoms with Crippen LogP contribution < -0.4 is 10.6 Å². The summed E-state index contributed by atoms with van der Waals surface area (Å²) >= 11 is 6.06. The Morgan fingerprint density at radius 1 is 1.35 bits per heavy atom. The van der Waals surface area contributed by atoms with Gasteiger partial charge in [-0.2, -0.15) is 0 Å². The Kier molecular flexibility index (Phi) is 6.54. The van der Waals surface area contributed by atoms with E-state index in [2.05, 4.69) is 10.6 Å². The van der Waals surface area contributed by atoms with E-state index in [0.717, 1.165) is 44.3 Å². The number of rotatable bonds is 5. The van der Waals surface area contributed by atoms with E-state index in [-0.39, 0.29) is 23.8 Å². The number of piperidine rings is 1. The minimum absolute atomic E-state index is 0.0424. The normalized spacial score (nSPS) is 24.3. The number of benzene rings is 1. The van der Waals surface area contributed by atoms with Crippen molar-refractivity contribution in [3.05, 3.63) is 34.9 Å². The molecule has 142 valence electrons. The highest BCUT2D eigenvalue weighted by Gasteiger charge is 2.29. The molecule has 2 fully saturated rings. The molecule has 26 heavy (non-hydrogen) atoms. The van der Waals surface area contributed by atoms with E-state index in [1.165, 1.54) is 0 Å². The Morgan fingerprint density at radius 2 is 2.19 bits per heavy atom. The maximum Gasteiger partial charge on any atom is 0.237 e. The smallest absolute Gasteiger partial charge is 0.237 e. The van der Waals surface area contributed by atoms with Crippen LogP contribution in [-0.2, 0) is 9.59 Å². The third kappa shape index (κ3) is 4.77. The maximum atomic E-state index is 12.9. The van der Waals surface area contributed by atoms with Crippen LogP contribution in [0.3, 0.4) is 0 Å². The lowest BCUT2D eigenvalue weighted by Gasteiger charge is -2.34. The zero-order valence-electron chi connectivity index (χ0n) is 15.3. The molecule has 6 heteroatoms. The van der Waals surface area contributed by atoms with Crippen molar-refractivity contribution in [2.24, 2.45) is 5.92 Å². The molecule has 2 heterocycles. The van der Waals surface area contributed by atoms with Crippen LogP contribution in [0, 0.1) is 5.92 Å². The topological polar surface area (TPSA) is 61.4 Å². The van der Waals surface area contributed by atoms with E-state index in [9.17, 15) is 9.59 Å². The molecule has 3 unspecified atom stereocenters. The molecule has 5 nitrogen and oxygen atoms in total. The van der Waals surface area contributed by atoms with Gasteiger partial charge in [-0.15, -0.1) is 0 Å². The van der Waals surface area contributed by atoms with E-state index in [1.807, 2.05) is 36.1 Å². The molecule has 1 aromatic rings. The predicted octanol–water partition coefficient (Wildman–Crippen LogP) is 2.55. The van der Waals surface area contributed by atoms with Crippen LogP contribution in [0.15, 0.2) is 24.3 Å². The van der Waals surface area contributed by atoms with Gasteiger partial charge in [0.15, 0.2) is 0 Å². The summed E-state index contributed by atoms with van der Waals surface area (Å²) in [5.74, 6) is 0.355. The third-order valence-corrected chi connectivity index (χ3v) is 5.73. The lowest BCUT2D eigenvalue weighted by Crippen LogP contribution is -2.47. The first-order valence-electron chi connectivity index (χ1n) is 9.60. The summed E-state index contributed by atoms with van der Waals surface area (Å²) in [6.45, 7) is 5.00. The molecule has 3 atom stereocenters. The number of hydrogen-bond acceptors (Lipinski definition) is 3. The van der Waals surface area contributed by atoms with Crippen LogP contribution >= 0.6 is 11.6 Å². The van der Waals surface area contributed by atoms with Crippen molar-refractivity contribution >= 4 is 23.4 Å². The quantitative estimate of drug-likeness (QED) is 0.829. The molecule has 3 rings (SSSR count). The molecule has 0 spiro atoms. The minimum atomic E-state index is -0.204. The standard InChI is InChI=1S/C20H28ClN3O2/c1-14(16-6-2-7-17(21)11-16)20(26)24-10-4-5-15(13-24)12-23-19(25)18-8-3-9-22-18/h2,6-7,11,14-15,18,22H,3-5,8-10,12-13H2,1H3,(H,23,25). The number of carbonyl (C=O) groups is 2. The lowest BCUT2D eigenvalue weighted by molar-refractivity contribution is -0.134. The van der Waals surface area contributed by atoms with Gasteiger partial charge in [0, 0.05) is 24.7 Å². The van der Waals surface area contributed by atoms with E-state index in [4.69, 9.17) is 11.6 Å². The summed E-state index contributed by atoms with van der Waals surface area (Å²) < 4.78 is 0. The van der Waals surface area contributed by atoms with Gasteiger partial charge in [0.25, 0.3) is 0 Å². The first-order valence-corrected chi connectivity index (χ1v) is 9.97. The zero-order valence-corrected chi connectivity index (χ0v) is 16.1. The number of nitrogens with one attached hydrogen (secondary N) is 2. The molecule has 0 bridgehead atoms. The number of halogens is 1. The van der Waals surface area contributed by atoms with E-state index < -0.39 is 0 Å². The van der Waals surface area contributed by atoms with Gasteiger partial charge in [-0.25, -0.2) is 0 Å². The third-order valence-electron chi connectivity index (χ3n) is 5.49. The van der Waals surface area contributed by atoms with Crippen LogP contribution in [0.2, 0.25) is 5.02 Å². The molecule has 2 aliphatic heterocycles. The van der Waals surface area contributed by atoms with Crippen molar-refractivity contribution in [3.63, 3.8) is 0 Å². The molecule has 1 aromatic carbocycles. The number of hydrogen-bond donors (Lipinski definition) is 2. The summed E-state index contributed by atoms with van der Waals surface area (Å²) in [5.41, 5.74) is 0.949. The SMILES string of the molecule is CC(C(=O)N1CCCC(CNC(=O)C2CCCN2)C1)c1cccc(Cl)c1.